The fourth-order valence-electron chi connectivity index (χ4n) is 2.56. The molecule has 1 aromatic heterocycles. The lowest BCUT2D eigenvalue weighted by molar-refractivity contribution is 0.332. The number of pyridine rings is 1. The molecule has 0 spiro atoms. The first-order valence-electron chi connectivity index (χ1n) is 5.34. The van der Waals surface area contributed by atoms with Crippen molar-refractivity contribution in [1.29, 1.82) is 0 Å². The second-order valence-corrected chi connectivity index (χ2v) is 4.19. The minimum Gasteiger partial charge on any atom is -0.308 e. The van der Waals surface area contributed by atoms with Gasteiger partial charge in [-0.05, 0) is 25.0 Å². The van der Waals surface area contributed by atoms with Gasteiger partial charge in [0.25, 0.3) is 0 Å². The average molecular weight is 189 g/mol. The van der Waals surface area contributed by atoms with Crippen LogP contribution in [0.2, 0.25) is 0 Å². The van der Waals surface area contributed by atoms with Crippen molar-refractivity contribution in [3.05, 3.63) is 30.1 Å². The van der Waals surface area contributed by atoms with Crippen LogP contribution in [0.3, 0.4) is 0 Å². The zero-order valence-corrected chi connectivity index (χ0v) is 8.11. The Morgan fingerprint density at radius 1 is 1.29 bits per heavy atom. The molecule has 2 fully saturated rings. The first-order valence-corrected chi connectivity index (χ1v) is 5.34. The number of nitrogens with one attached hydrogen (secondary N) is 2. The fraction of sp³-hybridized carbons (Fsp3) is 0.545. The lowest BCUT2D eigenvalue weighted by Gasteiger charge is -2.31. The van der Waals surface area contributed by atoms with Crippen molar-refractivity contribution in [3.63, 3.8) is 0 Å². The van der Waals surface area contributed by atoms with Crippen LogP contribution in [-0.4, -0.2) is 23.6 Å². The van der Waals surface area contributed by atoms with Crippen LogP contribution in [0.25, 0.3) is 0 Å². The van der Waals surface area contributed by atoms with E-state index in [1.807, 2.05) is 12.3 Å². The monoisotopic (exact) mass is 189 g/mol. The highest BCUT2D eigenvalue weighted by molar-refractivity contribution is 5.14. The minimum absolute atomic E-state index is 0.412. The number of rotatable bonds is 1. The average Bonchev–Trinajstić information content (AvgIpc) is 2.62. The summed E-state index contributed by atoms with van der Waals surface area (Å²) in [7, 11) is 0. The van der Waals surface area contributed by atoms with E-state index in [0.717, 1.165) is 6.54 Å². The first kappa shape index (κ1) is 8.38. The fourth-order valence-corrected chi connectivity index (χ4v) is 2.56. The summed E-state index contributed by atoms with van der Waals surface area (Å²) in [6.45, 7) is 1.08. The molecule has 2 N–H and O–H groups in total. The van der Waals surface area contributed by atoms with E-state index in [1.54, 1.807) is 0 Å². The normalized spacial score (nSPS) is 35.9. The molecule has 0 radical (unpaired) electrons. The van der Waals surface area contributed by atoms with Crippen molar-refractivity contribution in [3.8, 4) is 0 Å². The molecule has 3 atom stereocenters. The molecule has 0 saturated carbocycles. The van der Waals surface area contributed by atoms with E-state index >= 15 is 0 Å². The van der Waals surface area contributed by atoms with Crippen LogP contribution in [0.15, 0.2) is 24.4 Å². The van der Waals surface area contributed by atoms with E-state index < -0.39 is 0 Å². The van der Waals surface area contributed by atoms with E-state index in [9.17, 15) is 0 Å². The number of nitrogens with zero attached hydrogens (tertiary/aromatic N) is 1. The van der Waals surface area contributed by atoms with Crippen LogP contribution in [0.5, 0.6) is 0 Å². The van der Waals surface area contributed by atoms with E-state index in [4.69, 9.17) is 0 Å². The zero-order valence-electron chi connectivity index (χ0n) is 8.11. The highest BCUT2D eigenvalue weighted by Crippen LogP contribution is 2.27. The Hall–Kier alpha value is -0.930. The predicted octanol–water partition coefficient (Wildman–Crippen LogP) is 0.846. The van der Waals surface area contributed by atoms with Gasteiger partial charge in [-0.1, -0.05) is 6.07 Å². The second kappa shape index (κ2) is 3.33. The number of fused-ring (bicyclic) bond motifs is 2. The smallest absolute Gasteiger partial charge is 0.0651 e. The largest absolute Gasteiger partial charge is 0.308 e. The Morgan fingerprint density at radius 2 is 2.29 bits per heavy atom. The molecule has 2 aliphatic heterocycles. The molecule has 1 aromatic rings. The molecule has 14 heavy (non-hydrogen) atoms. The van der Waals surface area contributed by atoms with E-state index in [2.05, 4.69) is 27.8 Å². The van der Waals surface area contributed by atoms with Crippen LogP contribution in [0.1, 0.15) is 24.6 Å². The van der Waals surface area contributed by atoms with Gasteiger partial charge in [0.15, 0.2) is 0 Å². The Kier molecular flexibility index (Phi) is 2.00. The van der Waals surface area contributed by atoms with Gasteiger partial charge in [-0.3, -0.25) is 4.98 Å². The molecule has 3 heterocycles. The maximum Gasteiger partial charge on any atom is 0.0651 e. The van der Waals surface area contributed by atoms with Gasteiger partial charge in [0.2, 0.25) is 0 Å². The van der Waals surface area contributed by atoms with Crippen LogP contribution in [-0.2, 0) is 0 Å². The SMILES string of the molecule is c1ccc(C2NCC3CCC2N3)nc1. The summed E-state index contributed by atoms with van der Waals surface area (Å²) in [5, 5.41) is 7.21. The summed E-state index contributed by atoms with van der Waals surface area (Å²) < 4.78 is 0. The summed E-state index contributed by atoms with van der Waals surface area (Å²) in [5.74, 6) is 0. The maximum atomic E-state index is 4.42. The molecule has 2 aliphatic rings. The van der Waals surface area contributed by atoms with Crippen LogP contribution >= 0.6 is 0 Å². The van der Waals surface area contributed by atoms with Crippen LogP contribution in [0.4, 0.5) is 0 Å². The lowest BCUT2D eigenvalue weighted by atomic mass is 10.0. The summed E-state index contributed by atoms with van der Waals surface area (Å²) in [6, 6.07) is 7.83. The van der Waals surface area contributed by atoms with Crippen molar-refractivity contribution >= 4 is 0 Å². The Balaban J connectivity index is 1.85. The molecule has 2 bridgehead atoms. The van der Waals surface area contributed by atoms with Crippen molar-refractivity contribution in [2.75, 3.05) is 6.54 Å². The molecule has 0 aliphatic carbocycles. The van der Waals surface area contributed by atoms with Gasteiger partial charge in [0.1, 0.15) is 0 Å². The topological polar surface area (TPSA) is 37.0 Å². The number of hydrogen-bond acceptors (Lipinski definition) is 3. The van der Waals surface area contributed by atoms with Crippen molar-refractivity contribution < 1.29 is 0 Å². The summed E-state index contributed by atoms with van der Waals surface area (Å²) in [4.78, 5) is 4.42. The number of piperazine rings is 1. The molecule has 3 rings (SSSR count). The quantitative estimate of drug-likeness (QED) is 0.687. The van der Waals surface area contributed by atoms with Gasteiger partial charge in [0.05, 0.1) is 11.7 Å². The van der Waals surface area contributed by atoms with Gasteiger partial charge >= 0.3 is 0 Å². The molecule has 74 valence electrons. The highest BCUT2D eigenvalue weighted by atomic mass is 15.1. The molecule has 3 nitrogen and oxygen atoms in total. The molecule has 3 heteroatoms. The molecular weight excluding hydrogens is 174 g/mol. The first-order chi connectivity index (χ1) is 6.93. The molecular formula is C11H15N3. The van der Waals surface area contributed by atoms with Crippen LogP contribution in [0, 0.1) is 0 Å². The van der Waals surface area contributed by atoms with Gasteiger partial charge in [-0.15, -0.1) is 0 Å². The lowest BCUT2D eigenvalue weighted by Crippen LogP contribution is -2.50. The van der Waals surface area contributed by atoms with E-state index in [1.165, 1.54) is 18.5 Å². The summed E-state index contributed by atoms with van der Waals surface area (Å²) in [5.41, 5.74) is 1.17. The Morgan fingerprint density at radius 3 is 3.14 bits per heavy atom. The van der Waals surface area contributed by atoms with E-state index in [0.29, 0.717) is 18.1 Å². The van der Waals surface area contributed by atoms with E-state index in [-0.39, 0.29) is 0 Å². The second-order valence-electron chi connectivity index (χ2n) is 4.19. The Bertz CT molecular complexity index is 312. The maximum absolute atomic E-state index is 4.42. The summed E-state index contributed by atoms with van der Waals surface area (Å²) in [6.07, 6.45) is 4.46. The van der Waals surface area contributed by atoms with Gasteiger partial charge < -0.3 is 10.6 Å². The molecule has 0 aromatic carbocycles. The van der Waals surface area contributed by atoms with Crippen molar-refractivity contribution in [2.45, 2.75) is 31.0 Å². The van der Waals surface area contributed by atoms with Crippen molar-refractivity contribution in [1.82, 2.24) is 15.6 Å². The zero-order chi connectivity index (χ0) is 9.38. The van der Waals surface area contributed by atoms with Crippen LogP contribution < -0.4 is 10.6 Å². The van der Waals surface area contributed by atoms with Gasteiger partial charge in [-0.2, -0.15) is 0 Å². The molecule has 0 amide bonds. The number of aromatic nitrogens is 1. The van der Waals surface area contributed by atoms with Gasteiger partial charge in [0, 0.05) is 24.8 Å². The third-order valence-corrected chi connectivity index (χ3v) is 3.27. The highest BCUT2D eigenvalue weighted by Gasteiger charge is 2.35. The third-order valence-electron chi connectivity index (χ3n) is 3.27. The van der Waals surface area contributed by atoms with Crippen molar-refractivity contribution in [2.24, 2.45) is 0 Å². The standard InChI is InChI=1S/C11H15N3/c1-2-6-12-9(3-1)11-10-5-4-8(14-10)7-13-11/h1-3,6,8,10-11,13-14H,4-5,7H2. The number of hydrogen-bond donors (Lipinski definition) is 2. The Labute approximate surface area is 83.9 Å². The van der Waals surface area contributed by atoms with Gasteiger partial charge in [-0.25, -0.2) is 0 Å². The summed E-state index contributed by atoms with van der Waals surface area (Å²) >= 11 is 0. The predicted molar refractivity (Wildman–Crippen MR) is 54.9 cm³/mol. The molecule has 2 saturated heterocycles. The third kappa shape index (κ3) is 1.33. The molecule has 3 unspecified atom stereocenters. The minimum atomic E-state index is 0.412.